The minimum atomic E-state index is -4.35. The van der Waals surface area contributed by atoms with E-state index in [2.05, 4.69) is 16.1 Å². The van der Waals surface area contributed by atoms with Gasteiger partial charge in [0.15, 0.2) is 6.26 Å². The lowest BCUT2D eigenvalue weighted by atomic mass is 10.0. The Morgan fingerprint density at radius 2 is 1.83 bits per heavy atom. The van der Waals surface area contributed by atoms with Crippen LogP contribution in [0, 0.1) is 6.26 Å². The molecule has 5 rings (SSSR count). The normalized spacial score (nSPS) is 24.2. The molecule has 3 saturated heterocycles. The zero-order chi connectivity index (χ0) is 16.7. The molecule has 1 aromatic carbocycles. The van der Waals surface area contributed by atoms with Crippen molar-refractivity contribution >= 4 is 5.69 Å². The fourth-order valence-electron chi connectivity index (χ4n) is 3.63. The number of fused-ring (bicyclic) bond motifs is 4. The summed E-state index contributed by atoms with van der Waals surface area (Å²) in [7, 11) is 0. The van der Waals surface area contributed by atoms with Crippen molar-refractivity contribution in [2.75, 3.05) is 31.1 Å². The lowest BCUT2D eigenvalue weighted by Crippen LogP contribution is -2.37. The lowest BCUT2D eigenvalue weighted by molar-refractivity contribution is -0.137. The molecule has 0 unspecified atom stereocenters. The Bertz CT molecular complexity index is 717. The second-order valence-corrected chi connectivity index (χ2v) is 6.44. The van der Waals surface area contributed by atoms with Gasteiger partial charge in [-0.3, -0.25) is 0 Å². The summed E-state index contributed by atoms with van der Waals surface area (Å²) in [5.41, 5.74) is 0.602. The molecular formula is C18H18F3N2O. The molecule has 3 aliphatic heterocycles. The molecule has 2 aromatic rings. The van der Waals surface area contributed by atoms with Gasteiger partial charge in [0.1, 0.15) is 5.76 Å². The fourth-order valence-corrected chi connectivity index (χ4v) is 3.63. The number of furan rings is 1. The number of halogens is 3. The second-order valence-electron chi connectivity index (χ2n) is 6.44. The Morgan fingerprint density at radius 1 is 1.04 bits per heavy atom. The number of rotatable bonds is 2. The number of alkyl halides is 3. The zero-order valence-electron chi connectivity index (χ0n) is 13.1. The molecule has 3 fully saturated rings. The van der Waals surface area contributed by atoms with Crippen LogP contribution in [0.4, 0.5) is 18.9 Å². The van der Waals surface area contributed by atoms with Crippen LogP contribution in [0.3, 0.4) is 0 Å². The third-order valence-corrected chi connectivity index (χ3v) is 4.97. The molecule has 2 bridgehead atoms. The number of nitrogens with zero attached hydrogens (tertiary/aromatic N) is 2. The zero-order valence-corrected chi connectivity index (χ0v) is 13.1. The average molecular weight is 335 g/mol. The van der Waals surface area contributed by atoms with Gasteiger partial charge in [0.2, 0.25) is 0 Å². The molecule has 0 spiro atoms. The Kier molecular flexibility index (Phi) is 3.79. The molecule has 127 valence electrons. The van der Waals surface area contributed by atoms with Crippen LogP contribution in [0.25, 0.3) is 11.3 Å². The highest BCUT2D eigenvalue weighted by Gasteiger charge is 2.32. The number of hydrogen-bond donors (Lipinski definition) is 0. The molecule has 3 nitrogen and oxygen atoms in total. The van der Waals surface area contributed by atoms with Crippen LogP contribution >= 0.6 is 0 Å². The van der Waals surface area contributed by atoms with Gasteiger partial charge < -0.3 is 14.2 Å². The summed E-state index contributed by atoms with van der Waals surface area (Å²) < 4.78 is 44.1. The third-order valence-electron chi connectivity index (χ3n) is 4.97. The van der Waals surface area contributed by atoms with Crippen LogP contribution < -0.4 is 4.90 Å². The molecule has 0 amide bonds. The summed E-state index contributed by atoms with van der Waals surface area (Å²) in [5.74, 6) is 0.426. The highest BCUT2D eigenvalue weighted by molar-refractivity contribution is 5.64. The molecule has 1 aromatic heterocycles. The Hall–Kier alpha value is -1.95. The van der Waals surface area contributed by atoms with Crippen LogP contribution in [-0.4, -0.2) is 37.1 Å². The molecule has 0 saturated carbocycles. The Morgan fingerprint density at radius 3 is 2.58 bits per heavy atom. The standard InChI is InChI=1S/C18H18F3N2O/c19-18(20,21)14-3-1-2-13(10-14)17-11-16(12-24-17)23-9-8-22-6-4-15(23)5-7-22/h1-3,10-11,15H,4-9H2. The maximum Gasteiger partial charge on any atom is 0.416 e. The molecule has 3 aliphatic rings. The molecule has 0 N–H and O–H groups in total. The van der Waals surface area contributed by atoms with Crippen LogP contribution in [0.15, 0.2) is 34.7 Å². The van der Waals surface area contributed by atoms with Crippen molar-refractivity contribution in [2.45, 2.75) is 25.1 Å². The number of piperidine rings is 1. The molecular weight excluding hydrogens is 317 g/mol. The van der Waals surface area contributed by atoms with Gasteiger partial charge >= 0.3 is 6.18 Å². The first-order valence-electron chi connectivity index (χ1n) is 8.19. The number of anilines is 1. The second kappa shape index (κ2) is 5.84. The first-order chi connectivity index (χ1) is 11.5. The van der Waals surface area contributed by atoms with E-state index in [-0.39, 0.29) is 0 Å². The van der Waals surface area contributed by atoms with E-state index in [1.54, 1.807) is 6.07 Å². The first-order valence-corrected chi connectivity index (χ1v) is 8.19. The maximum atomic E-state index is 12.9. The van der Waals surface area contributed by atoms with Gasteiger partial charge in [-0.1, -0.05) is 12.1 Å². The van der Waals surface area contributed by atoms with Gasteiger partial charge in [0.05, 0.1) is 11.3 Å². The summed E-state index contributed by atoms with van der Waals surface area (Å²) >= 11 is 0. The van der Waals surface area contributed by atoms with E-state index in [1.165, 1.54) is 6.07 Å². The van der Waals surface area contributed by atoms with Gasteiger partial charge in [-0.15, -0.1) is 0 Å². The molecule has 0 atom stereocenters. The summed E-state index contributed by atoms with van der Waals surface area (Å²) in [6, 6.07) is 7.50. The Labute approximate surface area is 138 Å². The third kappa shape index (κ3) is 2.90. The maximum absolute atomic E-state index is 12.9. The summed E-state index contributed by atoms with van der Waals surface area (Å²) in [4.78, 5) is 4.73. The van der Waals surface area contributed by atoms with E-state index in [9.17, 15) is 13.2 Å². The van der Waals surface area contributed by atoms with E-state index >= 15 is 0 Å². The smallest absolute Gasteiger partial charge is 0.416 e. The highest BCUT2D eigenvalue weighted by atomic mass is 19.4. The molecule has 0 aliphatic carbocycles. The van der Waals surface area contributed by atoms with Crippen molar-refractivity contribution in [1.29, 1.82) is 0 Å². The van der Waals surface area contributed by atoms with Crippen molar-refractivity contribution in [3.05, 3.63) is 42.2 Å². The van der Waals surface area contributed by atoms with E-state index in [0.717, 1.165) is 56.8 Å². The Balaban J connectivity index is 1.61. The van der Waals surface area contributed by atoms with Gasteiger partial charge in [0.25, 0.3) is 0 Å². The van der Waals surface area contributed by atoms with Gasteiger partial charge in [-0.05, 0) is 25.0 Å². The predicted octanol–water partition coefficient (Wildman–Crippen LogP) is 4.05. The van der Waals surface area contributed by atoms with Crippen molar-refractivity contribution in [2.24, 2.45) is 0 Å². The minimum Gasteiger partial charge on any atom is -0.450 e. The quantitative estimate of drug-likeness (QED) is 0.825. The monoisotopic (exact) mass is 335 g/mol. The minimum absolute atomic E-state index is 0.426. The van der Waals surface area contributed by atoms with Gasteiger partial charge in [-0.25, -0.2) is 0 Å². The fraction of sp³-hybridized carbons (Fsp3) is 0.444. The molecule has 6 heteroatoms. The summed E-state index contributed by atoms with van der Waals surface area (Å²) in [5, 5.41) is 0. The SMILES string of the molecule is FC(F)(F)c1cccc(-c2cc(N3CCN4CCC3CC4)[c]o2)c1. The van der Waals surface area contributed by atoms with Gasteiger partial charge in [-0.2, -0.15) is 13.2 Å². The van der Waals surface area contributed by atoms with Crippen LogP contribution in [0.1, 0.15) is 18.4 Å². The number of hydrogen-bond acceptors (Lipinski definition) is 3. The van der Waals surface area contributed by atoms with Crippen molar-refractivity contribution in [1.82, 2.24) is 4.90 Å². The molecule has 24 heavy (non-hydrogen) atoms. The average Bonchev–Trinajstić information content (AvgIpc) is 2.87. The predicted molar refractivity (Wildman–Crippen MR) is 84.8 cm³/mol. The molecule has 4 heterocycles. The van der Waals surface area contributed by atoms with Crippen molar-refractivity contribution < 1.29 is 17.6 Å². The summed E-state index contributed by atoms with van der Waals surface area (Å²) in [6.07, 6.45) is 0.758. The topological polar surface area (TPSA) is 19.6 Å². The van der Waals surface area contributed by atoms with E-state index in [1.807, 2.05) is 6.07 Å². The molecule has 1 radical (unpaired) electrons. The van der Waals surface area contributed by atoms with Crippen molar-refractivity contribution in [3.8, 4) is 11.3 Å². The summed E-state index contributed by atoms with van der Waals surface area (Å²) in [6.45, 7) is 4.14. The number of benzene rings is 1. The van der Waals surface area contributed by atoms with Gasteiger partial charge in [0, 0.05) is 43.9 Å². The van der Waals surface area contributed by atoms with E-state index < -0.39 is 11.7 Å². The van der Waals surface area contributed by atoms with E-state index in [0.29, 0.717) is 17.4 Å². The highest BCUT2D eigenvalue weighted by Crippen LogP contribution is 2.35. The van der Waals surface area contributed by atoms with Crippen LogP contribution in [0.5, 0.6) is 0 Å². The van der Waals surface area contributed by atoms with Crippen molar-refractivity contribution in [3.63, 3.8) is 0 Å². The van der Waals surface area contributed by atoms with Crippen LogP contribution in [-0.2, 0) is 6.18 Å². The van der Waals surface area contributed by atoms with E-state index in [4.69, 9.17) is 4.42 Å². The largest absolute Gasteiger partial charge is 0.450 e. The van der Waals surface area contributed by atoms with Crippen LogP contribution in [0.2, 0.25) is 0 Å². The first kappa shape index (κ1) is 15.6. The lowest BCUT2D eigenvalue weighted by Gasteiger charge is -2.31.